The van der Waals surface area contributed by atoms with E-state index in [0.29, 0.717) is 47.4 Å². The number of para-hydroxylation sites is 1. The largest absolute Gasteiger partial charge is 0.490 e. The van der Waals surface area contributed by atoms with E-state index in [4.69, 9.17) is 18.9 Å². The van der Waals surface area contributed by atoms with Crippen molar-refractivity contribution in [2.24, 2.45) is 4.99 Å². The molecule has 3 rings (SSSR count). The molecular formula is C24H28N2O6S. The standard InChI is InChI=1S/C24H28N2O6S/c1-5-29-18-13-16(14-19(30-6-2)22(18)32-8-4)23(28)25-24-26(15-21(27)31-7-3)17-11-9-10-12-20(17)33-24/h9-14H,5-8,15H2,1-4H3. The lowest BCUT2D eigenvalue weighted by Crippen LogP contribution is -2.23. The molecule has 0 bridgehead atoms. The van der Waals surface area contributed by atoms with Crippen LogP contribution in [0.2, 0.25) is 0 Å². The fraction of sp³-hybridized carbons (Fsp3) is 0.375. The summed E-state index contributed by atoms with van der Waals surface area (Å²) in [6.07, 6.45) is 0. The van der Waals surface area contributed by atoms with Crippen molar-refractivity contribution in [2.45, 2.75) is 34.2 Å². The van der Waals surface area contributed by atoms with Crippen molar-refractivity contribution in [2.75, 3.05) is 26.4 Å². The number of esters is 1. The highest BCUT2D eigenvalue weighted by molar-refractivity contribution is 7.16. The van der Waals surface area contributed by atoms with Crippen molar-refractivity contribution in [3.63, 3.8) is 0 Å². The second-order valence-electron chi connectivity index (χ2n) is 6.76. The molecule has 33 heavy (non-hydrogen) atoms. The molecule has 0 aliphatic carbocycles. The lowest BCUT2D eigenvalue weighted by atomic mass is 10.1. The Hall–Kier alpha value is -3.33. The molecule has 3 aromatic rings. The number of carbonyl (C=O) groups is 2. The zero-order valence-corrected chi connectivity index (χ0v) is 20.1. The van der Waals surface area contributed by atoms with Crippen LogP contribution in [-0.4, -0.2) is 42.9 Å². The van der Waals surface area contributed by atoms with Gasteiger partial charge < -0.3 is 23.5 Å². The van der Waals surface area contributed by atoms with E-state index in [9.17, 15) is 9.59 Å². The van der Waals surface area contributed by atoms with Crippen molar-refractivity contribution >= 4 is 33.4 Å². The summed E-state index contributed by atoms with van der Waals surface area (Å²) in [6.45, 7) is 8.78. The van der Waals surface area contributed by atoms with Gasteiger partial charge in [0.1, 0.15) is 6.54 Å². The number of thiazole rings is 1. The Morgan fingerprint density at radius 3 is 2.15 bits per heavy atom. The molecule has 8 nitrogen and oxygen atoms in total. The van der Waals surface area contributed by atoms with Crippen LogP contribution in [0.15, 0.2) is 41.4 Å². The average molecular weight is 473 g/mol. The summed E-state index contributed by atoms with van der Waals surface area (Å²) in [4.78, 5) is 30.1. The highest BCUT2D eigenvalue weighted by Crippen LogP contribution is 2.39. The quantitative estimate of drug-likeness (QED) is 0.411. The summed E-state index contributed by atoms with van der Waals surface area (Å²) in [5.74, 6) is 0.411. The number of ether oxygens (including phenoxy) is 4. The van der Waals surface area contributed by atoms with E-state index in [1.807, 2.05) is 45.0 Å². The maximum Gasteiger partial charge on any atom is 0.326 e. The van der Waals surface area contributed by atoms with Crippen LogP contribution in [0.3, 0.4) is 0 Å². The molecule has 0 spiro atoms. The predicted octanol–water partition coefficient (Wildman–Crippen LogP) is 4.20. The molecule has 9 heteroatoms. The molecule has 1 amide bonds. The summed E-state index contributed by atoms with van der Waals surface area (Å²) < 4.78 is 24.8. The van der Waals surface area contributed by atoms with Crippen molar-refractivity contribution < 1.29 is 28.5 Å². The van der Waals surface area contributed by atoms with E-state index in [-0.39, 0.29) is 13.2 Å². The summed E-state index contributed by atoms with van der Waals surface area (Å²) in [5.41, 5.74) is 1.10. The second-order valence-corrected chi connectivity index (χ2v) is 7.77. The number of benzene rings is 2. The number of fused-ring (bicyclic) bond motifs is 1. The van der Waals surface area contributed by atoms with E-state index in [0.717, 1.165) is 10.2 Å². The zero-order chi connectivity index (χ0) is 23.8. The topological polar surface area (TPSA) is 88.4 Å². The summed E-state index contributed by atoms with van der Waals surface area (Å²) in [7, 11) is 0. The molecule has 0 aliphatic rings. The number of carbonyl (C=O) groups excluding carboxylic acids is 2. The predicted molar refractivity (Wildman–Crippen MR) is 126 cm³/mol. The molecule has 0 saturated carbocycles. The molecule has 0 unspecified atom stereocenters. The number of aromatic nitrogens is 1. The summed E-state index contributed by atoms with van der Waals surface area (Å²) >= 11 is 1.33. The smallest absolute Gasteiger partial charge is 0.326 e. The lowest BCUT2D eigenvalue weighted by molar-refractivity contribution is -0.143. The van der Waals surface area contributed by atoms with Crippen LogP contribution < -0.4 is 19.0 Å². The van der Waals surface area contributed by atoms with Gasteiger partial charge in [-0.1, -0.05) is 23.5 Å². The Labute approximate surface area is 196 Å². The van der Waals surface area contributed by atoms with Crippen molar-refractivity contribution in [1.82, 2.24) is 4.57 Å². The fourth-order valence-electron chi connectivity index (χ4n) is 3.26. The van der Waals surface area contributed by atoms with Crippen LogP contribution in [0.1, 0.15) is 38.1 Å². The molecule has 176 valence electrons. The maximum atomic E-state index is 13.2. The van der Waals surface area contributed by atoms with Gasteiger partial charge in [-0.2, -0.15) is 4.99 Å². The third kappa shape index (κ3) is 5.73. The lowest BCUT2D eigenvalue weighted by Gasteiger charge is -2.16. The average Bonchev–Trinajstić information content (AvgIpc) is 3.13. The minimum absolute atomic E-state index is 0.0400. The number of amides is 1. The molecular weight excluding hydrogens is 444 g/mol. The maximum absolute atomic E-state index is 13.2. The Bertz CT molecular complexity index is 1170. The third-order valence-electron chi connectivity index (χ3n) is 4.53. The summed E-state index contributed by atoms with van der Waals surface area (Å²) in [6, 6.07) is 10.8. The minimum Gasteiger partial charge on any atom is -0.490 e. The molecule has 0 radical (unpaired) electrons. The SMILES string of the molecule is CCOC(=O)Cn1c(=NC(=O)c2cc(OCC)c(OCC)c(OCC)c2)sc2ccccc21. The fourth-order valence-corrected chi connectivity index (χ4v) is 4.29. The van der Waals surface area contributed by atoms with Crippen LogP contribution >= 0.6 is 11.3 Å². The van der Waals surface area contributed by atoms with Gasteiger partial charge in [-0.15, -0.1) is 0 Å². The first-order valence-electron chi connectivity index (χ1n) is 10.9. The summed E-state index contributed by atoms with van der Waals surface area (Å²) in [5, 5.41) is 0. The Morgan fingerprint density at radius 1 is 0.909 bits per heavy atom. The van der Waals surface area contributed by atoms with Gasteiger partial charge in [0.2, 0.25) is 5.75 Å². The van der Waals surface area contributed by atoms with Gasteiger partial charge in [0.25, 0.3) is 5.91 Å². The molecule has 2 aromatic carbocycles. The highest BCUT2D eigenvalue weighted by atomic mass is 32.1. The monoisotopic (exact) mass is 472 g/mol. The van der Waals surface area contributed by atoms with E-state index < -0.39 is 11.9 Å². The van der Waals surface area contributed by atoms with Crippen LogP contribution in [0, 0.1) is 0 Å². The molecule has 0 N–H and O–H groups in total. The Kier molecular flexibility index (Phi) is 8.48. The van der Waals surface area contributed by atoms with E-state index in [1.165, 1.54) is 11.3 Å². The first-order valence-corrected chi connectivity index (χ1v) is 11.7. The molecule has 1 heterocycles. The van der Waals surface area contributed by atoms with Gasteiger partial charge >= 0.3 is 5.97 Å². The first kappa shape index (κ1) is 24.3. The van der Waals surface area contributed by atoms with E-state index in [1.54, 1.807) is 23.6 Å². The molecule has 0 fully saturated rings. The van der Waals surface area contributed by atoms with Gasteiger partial charge in [-0.25, -0.2) is 0 Å². The normalized spacial score (nSPS) is 11.5. The van der Waals surface area contributed by atoms with Crippen LogP contribution in [-0.2, 0) is 16.1 Å². The number of hydrogen-bond acceptors (Lipinski definition) is 7. The number of hydrogen-bond donors (Lipinski definition) is 0. The molecule has 1 aromatic heterocycles. The van der Waals surface area contributed by atoms with Gasteiger partial charge in [0.05, 0.1) is 36.6 Å². The van der Waals surface area contributed by atoms with Crippen molar-refractivity contribution in [3.8, 4) is 17.2 Å². The first-order chi connectivity index (χ1) is 16.0. The van der Waals surface area contributed by atoms with Gasteiger partial charge in [-0.05, 0) is 52.0 Å². The molecule has 0 atom stereocenters. The minimum atomic E-state index is -0.482. The zero-order valence-electron chi connectivity index (χ0n) is 19.3. The van der Waals surface area contributed by atoms with E-state index in [2.05, 4.69) is 4.99 Å². The number of nitrogens with zero attached hydrogens (tertiary/aromatic N) is 2. The molecule has 0 aliphatic heterocycles. The Morgan fingerprint density at radius 2 is 1.55 bits per heavy atom. The van der Waals surface area contributed by atoms with Gasteiger partial charge in [0, 0.05) is 5.56 Å². The van der Waals surface area contributed by atoms with Crippen molar-refractivity contribution in [1.29, 1.82) is 0 Å². The van der Waals surface area contributed by atoms with E-state index >= 15 is 0 Å². The second kappa shape index (κ2) is 11.5. The number of rotatable bonds is 10. The Balaban J connectivity index is 2.10. The van der Waals surface area contributed by atoms with Gasteiger partial charge in [0.15, 0.2) is 16.3 Å². The van der Waals surface area contributed by atoms with Gasteiger partial charge in [-0.3, -0.25) is 9.59 Å². The van der Waals surface area contributed by atoms with Crippen LogP contribution in [0.4, 0.5) is 0 Å². The molecule has 0 saturated heterocycles. The van der Waals surface area contributed by atoms with Crippen LogP contribution in [0.5, 0.6) is 17.2 Å². The van der Waals surface area contributed by atoms with Crippen LogP contribution in [0.25, 0.3) is 10.2 Å². The van der Waals surface area contributed by atoms with Crippen molar-refractivity contribution in [3.05, 3.63) is 46.8 Å². The third-order valence-corrected chi connectivity index (χ3v) is 5.59. The highest BCUT2D eigenvalue weighted by Gasteiger charge is 2.19.